The molecule has 0 amide bonds. The highest BCUT2D eigenvalue weighted by molar-refractivity contribution is 14.1. The molecule has 0 aliphatic carbocycles. The van der Waals surface area contributed by atoms with Crippen LogP contribution < -0.4 is 10.2 Å². The maximum atomic E-state index is 13.9. The lowest BCUT2D eigenvalue weighted by molar-refractivity contribution is 0.00578. The van der Waals surface area contributed by atoms with Crippen molar-refractivity contribution in [3.05, 3.63) is 18.1 Å². The van der Waals surface area contributed by atoms with E-state index in [0.29, 0.717) is 5.46 Å². The van der Waals surface area contributed by atoms with Crippen molar-refractivity contribution in [2.24, 2.45) is 0 Å². The predicted molar refractivity (Wildman–Crippen MR) is 84.4 cm³/mol. The first kappa shape index (κ1) is 17.8. The Labute approximate surface area is 141 Å². The van der Waals surface area contributed by atoms with Crippen LogP contribution in [0, 0.1) is 5.82 Å². The van der Waals surface area contributed by atoms with Gasteiger partial charge in [0.1, 0.15) is 0 Å². The Morgan fingerprint density at radius 1 is 1.27 bits per heavy atom. The third-order valence-electron chi connectivity index (χ3n) is 3.73. The van der Waals surface area contributed by atoms with Gasteiger partial charge in [0.25, 0.3) is 5.88 Å². The van der Waals surface area contributed by atoms with Gasteiger partial charge >= 0.3 is 11.0 Å². The normalized spacial score (nSPS) is 20.3. The minimum Gasteiger partial charge on any atom is -0.468 e. The van der Waals surface area contributed by atoms with Gasteiger partial charge in [0.2, 0.25) is 0 Å². The summed E-state index contributed by atoms with van der Waals surface area (Å²) in [4.78, 5) is 3.73. The molecule has 2 rings (SSSR count). The van der Waals surface area contributed by atoms with Gasteiger partial charge < -0.3 is 14.0 Å². The van der Waals surface area contributed by atoms with E-state index in [-0.39, 0.29) is 0 Å². The minimum atomic E-state index is -3.09. The van der Waals surface area contributed by atoms with Crippen molar-refractivity contribution in [1.82, 2.24) is 4.98 Å². The number of hydrogen-bond donors (Lipinski definition) is 0. The highest BCUT2D eigenvalue weighted by Crippen LogP contribution is 2.36. The summed E-state index contributed by atoms with van der Waals surface area (Å²) in [6.07, 6.45) is 1.30. The molecule has 0 radical (unpaired) electrons. The fraction of sp³-hybridized carbons (Fsp3) is 0.615. The molecule has 0 bridgehead atoms. The van der Waals surface area contributed by atoms with Crippen molar-refractivity contribution in [2.75, 3.05) is 6.61 Å². The maximum Gasteiger partial charge on any atom is 0.496 e. The zero-order valence-electron chi connectivity index (χ0n) is 12.6. The summed E-state index contributed by atoms with van der Waals surface area (Å²) in [6, 6.07) is 1.12. The summed E-state index contributed by atoms with van der Waals surface area (Å²) in [5.41, 5.74) is -0.760. The van der Waals surface area contributed by atoms with Gasteiger partial charge in [-0.25, -0.2) is 9.37 Å². The van der Waals surface area contributed by atoms with E-state index in [9.17, 15) is 13.2 Å². The van der Waals surface area contributed by atoms with Crippen LogP contribution >= 0.6 is 22.6 Å². The van der Waals surface area contributed by atoms with Crippen LogP contribution in [0.2, 0.25) is 0 Å². The molecule has 0 spiro atoms. The summed E-state index contributed by atoms with van der Waals surface area (Å²) in [5.74, 6) is -1.32. The molecule has 1 aromatic rings. The number of alkyl halides is 3. The molecule has 1 aliphatic rings. The molecule has 0 aromatic carbocycles. The fourth-order valence-electron chi connectivity index (χ4n) is 1.80. The standard InChI is InChI=1S/C13H16BF3INO3/c1-11(2)12(3,4)22-14(21-11)8-5-9(15)10(19-6-8)20-7-13(16,17)18/h5-6H,7H2,1-4H3. The molecule has 2 heterocycles. The molecule has 0 atom stereocenters. The molecule has 1 fully saturated rings. The van der Waals surface area contributed by atoms with Gasteiger partial charge in [0.05, 0.1) is 11.2 Å². The quantitative estimate of drug-likeness (QED) is 0.420. The Bertz CT molecular complexity index is 550. The lowest BCUT2D eigenvalue weighted by Crippen LogP contribution is -2.41. The van der Waals surface area contributed by atoms with Crippen LogP contribution in [0.4, 0.5) is 13.2 Å². The zero-order valence-corrected chi connectivity index (χ0v) is 14.8. The van der Waals surface area contributed by atoms with E-state index in [0.717, 1.165) is 28.7 Å². The average Bonchev–Trinajstić information content (AvgIpc) is 2.56. The van der Waals surface area contributed by atoms with Gasteiger partial charge in [0, 0.05) is 34.3 Å². The Hall–Kier alpha value is -0.545. The van der Waals surface area contributed by atoms with Crippen molar-refractivity contribution >= 4 is 35.2 Å². The highest BCUT2D eigenvalue weighted by atomic mass is 127. The van der Waals surface area contributed by atoms with Gasteiger partial charge in [-0.05, 0) is 33.8 Å². The highest BCUT2D eigenvalue weighted by Gasteiger charge is 2.52. The van der Waals surface area contributed by atoms with Crippen LogP contribution in [-0.4, -0.2) is 33.8 Å². The number of aromatic nitrogens is 1. The number of hydrogen-bond acceptors (Lipinski definition) is 4. The van der Waals surface area contributed by atoms with Crippen molar-refractivity contribution < 1.29 is 27.2 Å². The number of nitrogens with zero attached hydrogens (tertiary/aromatic N) is 1. The van der Waals surface area contributed by atoms with E-state index < -0.39 is 40.6 Å². The lowest BCUT2D eigenvalue weighted by Gasteiger charge is -2.32. The molecule has 22 heavy (non-hydrogen) atoms. The second kappa shape index (κ2) is 5.83. The van der Waals surface area contributed by atoms with Gasteiger partial charge in [-0.2, -0.15) is 8.78 Å². The van der Waals surface area contributed by atoms with E-state index in [1.807, 2.05) is 27.7 Å². The van der Waals surface area contributed by atoms with Crippen LogP contribution in [0.5, 0.6) is 5.88 Å². The topological polar surface area (TPSA) is 40.6 Å². The Balaban J connectivity index is 2.14. The summed E-state index contributed by atoms with van der Waals surface area (Å²) in [6.45, 7) is 6.54. The smallest absolute Gasteiger partial charge is 0.468 e. The molecule has 1 aromatic heterocycles. The number of pyridine rings is 1. The van der Waals surface area contributed by atoms with Crippen LogP contribution in [0.15, 0.2) is 12.3 Å². The van der Waals surface area contributed by atoms with E-state index in [1.165, 1.54) is 6.20 Å². The summed E-state index contributed by atoms with van der Waals surface area (Å²) >= 11 is 0.912. The molecule has 4 nitrogen and oxygen atoms in total. The van der Waals surface area contributed by atoms with E-state index >= 15 is 0 Å². The molecular weight excluding hydrogens is 413 g/mol. The molecular formula is C13H16BF3INO3. The Morgan fingerprint density at radius 2 is 1.82 bits per heavy atom. The van der Waals surface area contributed by atoms with Crippen LogP contribution in [0.3, 0.4) is 0 Å². The molecule has 122 valence electrons. The van der Waals surface area contributed by atoms with Gasteiger partial charge in [-0.15, -0.1) is 0 Å². The first-order chi connectivity index (χ1) is 9.91. The van der Waals surface area contributed by atoms with E-state index in [4.69, 9.17) is 9.31 Å². The Kier molecular flexibility index (Phi) is 4.71. The monoisotopic (exact) mass is 429 g/mol. The van der Waals surface area contributed by atoms with Crippen LogP contribution in [0.1, 0.15) is 27.7 Å². The first-order valence-corrected chi connectivity index (χ1v) is 7.70. The number of rotatable bonds is 4. The van der Waals surface area contributed by atoms with Crippen molar-refractivity contribution in [2.45, 2.75) is 42.8 Å². The third kappa shape index (κ3) is 3.86. The number of ether oxygens (including phenoxy) is 1. The maximum absolute atomic E-state index is 13.9. The fourth-order valence-corrected chi connectivity index (χ4v) is 1.96. The SMILES string of the molecule is CC1(C)OB(c2cnc(OCC(F)(F)I)c(F)c2)OC1(C)C. The summed E-state index contributed by atoms with van der Waals surface area (Å²) < 4.78 is 52.5. The first-order valence-electron chi connectivity index (χ1n) is 6.62. The molecule has 1 aliphatic heterocycles. The average molecular weight is 429 g/mol. The van der Waals surface area contributed by atoms with Crippen LogP contribution in [-0.2, 0) is 9.31 Å². The van der Waals surface area contributed by atoms with E-state index in [1.54, 1.807) is 0 Å². The summed E-state index contributed by atoms with van der Waals surface area (Å²) in [5, 5.41) is 0. The second-order valence-electron chi connectivity index (χ2n) is 6.05. The zero-order chi connectivity index (χ0) is 16.8. The van der Waals surface area contributed by atoms with Crippen LogP contribution in [0.25, 0.3) is 0 Å². The lowest BCUT2D eigenvalue weighted by atomic mass is 9.80. The predicted octanol–water partition coefficient (Wildman–Crippen LogP) is 2.93. The second-order valence-corrected chi connectivity index (χ2v) is 7.63. The molecule has 1 saturated heterocycles. The van der Waals surface area contributed by atoms with Crippen molar-refractivity contribution in [1.29, 1.82) is 0 Å². The van der Waals surface area contributed by atoms with Gasteiger partial charge in [-0.1, -0.05) is 0 Å². The molecule has 0 saturated carbocycles. The molecule has 0 unspecified atom stereocenters. The largest absolute Gasteiger partial charge is 0.496 e. The van der Waals surface area contributed by atoms with Gasteiger partial charge in [-0.3, -0.25) is 0 Å². The molecule has 9 heteroatoms. The number of halogens is 4. The van der Waals surface area contributed by atoms with Crippen molar-refractivity contribution in [3.8, 4) is 5.88 Å². The minimum absolute atomic E-state index is 0.365. The molecule has 0 N–H and O–H groups in total. The van der Waals surface area contributed by atoms with Crippen molar-refractivity contribution in [3.63, 3.8) is 0 Å². The van der Waals surface area contributed by atoms with E-state index in [2.05, 4.69) is 9.72 Å². The van der Waals surface area contributed by atoms with Gasteiger partial charge in [0.15, 0.2) is 12.4 Å². The Morgan fingerprint density at radius 3 is 2.27 bits per heavy atom. The third-order valence-corrected chi connectivity index (χ3v) is 4.04. The summed E-state index contributed by atoms with van der Waals surface area (Å²) in [7, 11) is -0.771.